The highest BCUT2D eigenvalue weighted by atomic mass is 16.1. The molecule has 0 fully saturated rings. The maximum atomic E-state index is 12.3. The molecule has 0 bridgehead atoms. The molecule has 0 saturated heterocycles. The SMILES string of the molecule is Cc1[nH]n(C(C)(C)C)c2nc(-c3ccncc3)nc(=O)c1-2. The average molecular weight is 283 g/mol. The van der Waals surface area contributed by atoms with Crippen molar-refractivity contribution in [1.82, 2.24) is 24.7 Å². The molecular weight excluding hydrogens is 266 g/mol. The molecule has 0 aromatic carbocycles. The third-order valence-electron chi connectivity index (χ3n) is 3.33. The van der Waals surface area contributed by atoms with Crippen LogP contribution in [0.3, 0.4) is 0 Å². The third-order valence-corrected chi connectivity index (χ3v) is 3.33. The Hall–Kier alpha value is -2.50. The summed E-state index contributed by atoms with van der Waals surface area (Å²) in [5.74, 6) is 1.05. The monoisotopic (exact) mass is 283 g/mol. The van der Waals surface area contributed by atoms with Crippen molar-refractivity contribution < 1.29 is 0 Å². The number of fused-ring (bicyclic) bond motifs is 1. The quantitative estimate of drug-likeness (QED) is 0.742. The number of H-pyrrole nitrogens is 1. The molecule has 2 aliphatic heterocycles. The Kier molecular flexibility index (Phi) is 2.90. The molecule has 0 amide bonds. The molecule has 1 aromatic heterocycles. The van der Waals surface area contributed by atoms with E-state index in [1.807, 2.05) is 11.6 Å². The number of hydrogen-bond donors (Lipinski definition) is 1. The number of aromatic amines is 1. The van der Waals surface area contributed by atoms with Crippen molar-refractivity contribution in [2.75, 3.05) is 0 Å². The maximum Gasteiger partial charge on any atom is 0.284 e. The molecular formula is C15H17N5O. The van der Waals surface area contributed by atoms with Crippen LogP contribution in [-0.2, 0) is 5.54 Å². The summed E-state index contributed by atoms with van der Waals surface area (Å²) in [6, 6.07) is 3.59. The van der Waals surface area contributed by atoms with Gasteiger partial charge in [-0.25, -0.2) is 4.98 Å². The molecule has 21 heavy (non-hydrogen) atoms. The molecule has 1 N–H and O–H groups in total. The van der Waals surface area contributed by atoms with Gasteiger partial charge in [-0.1, -0.05) is 0 Å². The van der Waals surface area contributed by atoms with Crippen LogP contribution in [0.15, 0.2) is 29.3 Å². The highest BCUT2D eigenvalue weighted by Gasteiger charge is 2.26. The van der Waals surface area contributed by atoms with E-state index in [1.54, 1.807) is 24.5 Å². The van der Waals surface area contributed by atoms with Gasteiger partial charge in [0.2, 0.25) is 0 Å². The number of pyridine rings is 1. The number of aryl methyl sites for hydroxylation is 1. The van der Waals surface area contributed by atoms with Crippen molar-refractivity contribution in [3.8, 4) is 22.8 Å². The Labute approximate surface area is 122 Å². The van der Waals surface area contributed by atoms with Gasteiger partial charge in [0.25, 0.3) is 5.56 Å². The fraction of sp³-hybridized carbons (Fsp3) is 0.333. The lowest BCUT2D eigenvalue weighted by molar-refractivity contribution is 0.356. The van der Waals surface area contributed by atoms with E-state index in [4.69, 9.17) is 0 Å². The topological polar surface area (TPSA) is 76.5 Å². The lowest BCUT2D eigenvalue weighted by Gasteiger charge is -2.22. The van der Waals surface area contributed by atoms with Crippen molar-refractivity contribution in [2.24, 2.45) is 0 Å². The third kappa shape index (κ3) is 2.22. The van der Waals surface area contributed by atoms with Gasteiger partial charge in [0.05, 0.1) is 5.54 Å². The van der Waals surface area contributed by atoms with E-state index in [2.05, 4.69) is 40.8 Å². The smallest absolute Gasteiger partial charge is 0.284 e. The van der Waals surface area contributed by atoms with E-state index in [-0.39, 0.29) is 11.1 Å². The summed E-state index contributed by atoms with van der Waals surface area (Å²) in [7, 11) is 0. The van der Waals surface area contributed by atoms with Crippen LogP contribution in [0, 0.1) is 6.92 Å². The summed E-state index contributed by atoms with van der Waals surface area (Å²) < 4.78 is 1.91. The van der Waals surface area contributed by atoms with Crippen molar-refractivity contribution in [3.05, 3.63) is 40.6 Å². The summed E-state index contributed by atoms with van der Waals surface area (Å²) in [5, 5.41) is 3.21. The van der Waals surface area contributed by atoms with E-state index < -0.39 is 0 Å². The number of rotatable bonds is 1. The Morgan fingerprint density at radius 2 is 1.81 bits per heavy atom. The van der Waals surface area contributed by atoms with Crippen LogP contribution < -0.4 is 5.56 Å². The van der Waals surface area contributed by atoms with E-state index in [0.29, 0.717) is 17.2 Å². The minimum atomic E-state index is -0.261. The average Bonchev–Trinajstić information content (AvgIpc) is 2.77. The van der Waals surface area contributed by atoms with Gasteiger partial charge < -0.3 is 5.10 Å². The second kappa shape index (κ2) is 4.51. The molecule has 0 unspecified atom stereocenters. The summed E-state index contributed by atoms with van der Waals surface area (Å²) in [6.07, 6.45) is 3.32. The minimum Gasteiger partial charge on any atom is -0.300 e. The molecule has 6 heteroatoms. The molecule has 2 aliphatic rings. The van der Waals surface area contributed by atoms with Gasteiger partial charge in [-0.3, -0.25) is 14.5 Å². The van der Waals surface area contributed by atoms with Crippen LogP contribution in [0.1, 0.15) is 26.5 Å². The number of hydrogen-bond acceptors (Lipinski definition) is 4. The minimum absolute atomic E-state index is 0.206. The van der Waals surface area contributed by atoms with Gasteiger partial charge in [-0.15, -0.1) is 0 Å². The molecule has 0 radical (unpaired) electrons. The second-order valence-corrected chi connectivity index (χ2v) is 6.03. The van der Waals surface area contributed by atoms with E-state index in [9.17, 15) is 4.79 Å². The lowest BCUT2D eigenvalue weighted by atomic mass is 10.1. The van der Waals surface area contributed by atoms with Crippen LogP contribution in [0.5, 0.6) is 0 Å². The zero-order valence-electron chi connectivity index (χ0n) is 12.5. The van der Waals surface area contributed by atoms with E-state index in [1.165, 1.54) is 0 Å². The molecule has 3 rings (SSSR count). The molecule has 0 saturated carbocycles. The Morgan fingerprint density at radius 1 is 1.14 bits per heavy atom. The summed E-state index contributed by atoms with van der Waals surface area (Å²) in [6.45, 7) is 8.03. The molecule has 0 spiro atoms. The van der Waals surface area contributed by atoms with Gasteiger partial charge in [-0.2, -0.15) is 4.98 Å². The van der Waals surface area contributed by atoms with Crippen molar-refractivity contribution in [1.29, 1.82) is 0 Å². The zero-order chi connectivity index (χ0) is 15.2. The van der Waals surface area contributed by atoms with Crippen molar-refractivity contribution in [3.63, 3.8) is 0 Å². The van der Waals surface area contributed by atoms with E-state index in [0.717, 1.165) is 11.3 Å². The van der Waals surface area contributed by atoms with E-state index >= 15 is 0 Å². The fourth-order valence-corrected chi connectivity index (χ4v) is 2.31. The second-order valence-electron chi connectivity index (χ2n) is 6.03. The van der Waals surface area contributed by atoms with Crippen molar-refractivity contribution in [2.45, 2.75) is 33.2 Å². The number of nitrogens with zero attached hydrogens (tertiary/aromatic N) is 4. The summed E-state index contributed by atoms with van der Waals surface area (Å²) >= 11 is 0. The van der Waals surface area contributed by atoms with Crippen LogP contribution in [0.4, 0.5) is 0 Å². The van der Waals surface area contributed by atoms with Gasteiger partial charge in [0.1, 0.15) is 5.56 Å². The molecule has 1 aromatic rings. The lowest BCUT2D eigenvalue weighted by Crippen LogP contribution is -2.25. The van der Waals surface area contributed by atoms with Crippen LogP contribution in [0.2, 0.25) is 0 Å². The van der Waals surface area contributed by atoms with Gasteiger partial charge in [0, 0.05) is 23.7 Å². The Bertz CT molecular complexity index is 810. The van der Waals surface area contributed by atoms with Crippen LogP contribution in [-0.4, -0.2) is 24.7 Å². The van der Waals surface area contributed by atoms with Gasteiger partial charge in [0.15, 0.2) is 11.6 Å². The standard InChI is InChI=1S/C15H17N5O/c1-9-11-13(20(19-9)15(2,3)4)17-12(18-14(11)21)10-5-7-16-8-6-10/h5-8,19H,1-4H3. The summed E-state index contributed by atoms with van der Waals surface area (Å²) in [4.78, 5) is 25.0. The van der Waals surface area contributed by atoms with Crippen LogP contribution >= 0.6 is 0 Å². The Balaban J connectivity index is 2.32. The van der Waals surface area contributed by atoms with Crippen LogP contribution in [0.25, 0.3) is 22.8 Å². The zero-order valence-corrected chi connectivity index (χ0v) is 12.5. The summed E-state index contributed by atoms with van der Waals surface area (Å²) in [5.41, 5.74) is 1.64. The van der Waals surface area contributed by atoms with Gasteiger partial charge >= 0.3 is 0 Å². The maximum absolute atomic E-state index is 12.3. The molecule has 108 valence electrons. The van der Waals surface area contributed by atoms with Crippen molar-refractivity contribution >= 4 is 0 Å². The highest BCUT2D eigenvalue weighted by Crippen LogP contribution is 2.27. The Morgan fingerprint density at radius 3 is 2.43 bits per heavy atom. The fourth-order valence-electron chi connectivity index (χ4n) is 2.31. The predicted octanol–water partition coefficient (Wildman–Crippen LogP) is 2.20. The first kappa shape index (κ1) is 13.5. The molecule has 0 aliphatic carbocycles. The molecule has 6 nitrogen and oxygen atoms in total. The normalized spacial score (nSPS) is 12.0. The largest absolute Gasteiger partial charge is 0.300 e. The first-order chi connectivity index (χ1) is 9.88. The predicted molar refractivity (Wildman–Crippen MR) is 80.2 cm³/mol. The number of nitrogens with one attached hydrogen (secondary N) is 1. The number of aromatic nitrogens is 5. The molecule has 0 atom stereocenters. The first-order valence-corrected chi connectivity index (χ1v) is 6.78. The molecule has 3 heterocycles. The van der Waals surface area contributed by atoms with Gasteiger partial charge in [-0.05, 0) is 39.8 Å². The first-order valence-electron chi connectivity index (χ1n) is 6.78. The highest BCUT2D eigenvalue weighted by molar-refractivity contribution is 5.64.